The summed E-state index contributed by atoms with van der Waals surface area (Å²) in [5, 5.41) is 10.3. The molecular weight excluding hydrogens is 510 g/mol. The molecule has 8 nitrogen and oxygen atoms in total. The Bertz CT molecular complexity index is 1040. The summed E-state index contributed by atoms with van der Waals surface area (Å²) < 4.78 is 56.1. The highest BCUT2D eigenvalue weighted by Gasteiger charge is 2.38. The molecule has 1 saturated heterocycles. The van der Waals surface area contributed by atoms with Gasteiger partial charge in [0.2, 0.25) is 0 Å². The first-order valence-electron chi connectivity index (χ1n) is 10.8. The number of carboxylic acid groups (broad SMARTS) is 1. The fourth-order valence-electron chi connectivity index (χ4n) is 3.22. The van der Waals surface area contributed by atoms with Crippen molar-refractivity contribution in [1.82, 2.24) is 10.2 Å². The van der Waals surface area contributed by atoms with Crippen LogP contribution in [-0.4, -0.2) is 67.0 Å². The normalized spacial score (nSPS) is 16.0. The number of aliphatic carboxylic acids is 1. The Morgan fingerprint density at radius 2 is 1.92 bits per heavy atom. The fraction of sp³-hybridized carbons (Fsp3) is 0.391. The number of hydrogen-bond donors (Lipinski definition) is 3. The van der Waals surface area contributed by atoms with Crippen molar-refractivity contribution in [3.63, 3.8) is 0 Å². The number of amides is 1. The van der Waals surface area contributed by atoms with Gasteiger partial charge in [-0.25, -0.2) is 9.18 Å². The zero-order valence-corrected chi connectivity index (χ0v) is 20.0. The van der Waals surface area contributed by atoms with E-state index in [9.17, 15) is 22.4 Å². The number of halogens is 5. The maximum absolute atomic E-state index is 13.1. The van der Waals surface area contributed by atoms with E-state index in [-0.39, 0.29) is 17.8 Å². The lowest BCUT2D eigenvalue weighted by molar-refractivity contribution is -0.192. The van der Waals surface area contributed by atoms with Gasteiger partial charge in [-0.3, -0.25) is 9.69 Å². The van der Waals surface area contributed by atoms with Crippen LogP contribution in [0.3, 0.4) is 0 Å². The first-order chi connectivity index (χ1) is 16.9. The lowest BCUT2D eigenvalue weighted by atomic mass is 10.1. The summed E-state index contributed by atoms with van der Waals surface area (Å²) in [6.45, 7) is 5.31. The van der Waals surface area contributed by atoms with Gasteiger partial charge >= 0.3 is 12.1 Å². The van der Waals surface area contributed by atoms with Crippen LogP contribution in [-0.2, 0) is 16.1 Å². The summed E-state index contributed by atoms with van der Waals surface area (Å²) in [6.07, 6.45) is -5.23. The number of benzene rings is 2. The number of nitrogens with zero attached hydrogens (tertiary/aromatic N) is 1. The van der Waals surface area contributed by atoms with Crippen molar-refractivity contribution < 1.29 is 41.7 Å². The van der Waals surface area contributed by atoms with E-state index < -0.39 is 12.1 Å². The molecule has 3 rings (SSSR count). The van der Waals surface area contributed by atoms with Crippen LogP contribution in [0.2, 0.25) is 5.02 Å². The molecule has 0 aliphatic carbocycles. The summed E-state index contributed by atoms with van der Waals surface area (Å²) in [7, 11) is 0. The van der Waals surface area contributed by atoms with Gasteiger partial charge in [0.05, 0.1) is 35.6 Å². The van der Waals surface area contributed by atoms with Gasteiger partial charge in [0.15, 0.2) is 0 Å². The molecule has 0 saturated carbocycles. The van der Waals surface area contributed by atoms with E-state index in [0.29, 0.717) is 54.9 Å². The Morgan fingerprint density at radius 1 is 1.28 bits per heavy atom. The van der Waals surface area contributed by atoms with Gasteiger partial charge in [0.1, 0.15) is 11.6 Å². The quantitative estimate of drug-likeness (QED) is 0.366. The van der Waals surface area contributed by atoms with E-state index in [4.69, 9.17) is 36.7 Å². The molecule has 1 unspecified atom stereocenters. The molecule has 1 fully saturated rings. The second-order valence-electron chi connectivity index (χ2n) is 7.67. The number of carbonyl (C=O) groups is 2. The van der Waals surface area contributed by atoms with Crippen molar-refractivity contribution >= 4 is 29.2 Å². The number of hydrogen-bond acceptors (Lipinski definition) is 6. The SMILES string of the molecule is CCOc1cc(N)c(Cl)cc1C(=O)NCC1CN(Cc2ccc(F)cc2)CCO1.O=C(O)C(F)(F)F. The molecule has 1 heterocycles. The van der Waals surface area contributed by atoms with Crippen LogP contribution in [0.15, 0.2) is 36.4 Å². The molecule has 0 radical (unpaired) electrons. The topological polar surface area (TPSA) is 114 Å². The van der Waals surface area contributed by atoms with Gasteiger partial charge in [0.25, 0.3) is 5.91 Å². The average molecular weight is 536 g/mol. The zero-order valence-electron chi connectivity index (χ0n) is 19.3. The van der Waals surface area contributed by atoms with E-state index >= 15 is 0 Å². The maximum atomic E-state index is 13.1. The predicted octanol–water partition coefficient (Wildman–Crippen LogP) is 3.72. The third kappa shape index (κ3) is 9.17. The Balaban J connectivity index is 0.000000572. The van der Waals surface area contributed by atoms with Crippen molar-refractivity contribution in [2.24, 2.45) is 0 Å². The van der Waals surface area contributed by atoms with Gasteiger partial charge in [-0.15, -0.1) is 0 Å². The van der Waals surface area contributed by atoms with Crippen molar-refractivity contribution in [2.75, 3.05) is 38.6 Å². The molecule has 2 aromatic rings. The second kappa shape index (κ2) is 13.3. The van der Waals surface area contributed by atoms with Crippen LogP contribution >= 0.6 is 11.6 Å². The number of carboxylic acids is 1. The minimum absolute atomic E-state index is 0.145. The molecule has 1 aliphatic heterocycles. The van der Waals surface area contributed by atoms with E-state index in [2.05, 4.69) is 10.2 Å². The summed E-state index contributed by atoms with van der Waals surface area (Å²) in [6, 6.07) is 9.55. The number of morpholine rings is 1. The Kier molecular flexibility index (Phi) is 10.8. The third-order valence-corrected chi connectivity index (χ3v) is 5.25. The van der Waals surface area contributed by atoms with Gasteiger partial charge in [-0.1, -0.05) is 23.7 Å². The molecular formula is C23H26ClF4N3O5. The van der Waals surface area contributed by atoms with E-state index in [1.165, 1.54) is 18.2 Å². The molecule has 1 amide bonds. The minimum atomic E-state index is -5.08. The Morgan fingerprint density at radius 3 is 2.50 bits per heavy atom. The van der Waals surface area contributed by atoms with Crippen LogP contribution in [0.5, 0.6) is 5.75 Å². The van der Waals surface area contributed by atoms with Gasteiger partial charge < -0.3 is 25.6 Å². The number of ether oxygens (including phenoxy) is 2. The first kappa shape index (κ1) is 29.1. The van der Waals surface area contributed by atoms with Gasteiger partial charge in [-0.2, -0.15) is 13.2 Å². The van der Waals surface area contributed by atoms with E-state index in [0.717, 1.165) is 12.1 Å². The van der Waals surface area contributed by atoms with Crippen LogP contribution in [0.25, 0.3) is 0 Å². The molecule has 198 valence electrons. The molecule has 0 spiro atoms. The highest BCUT2D eigenvalue weighted by atomic mass is 35.5. The molecule has 13 heteroatoms. The minimum Gasteiger partial charge on any atom is -0.493 e. The lowest BCUT2D eigenvalue weighted by Crippen LogP contribution is -2.47. The molecule has 2 aromatic carbocycles. The number of nitrogens with one attached hydrogen (secondary N) is 1. The van der Waals surface area contributed by atoms with Crippen molar-refractivity contribution in [3.05, 3.63) is 58.4 Å². The van der Waals surface area contributed by atoms with Crippen LogP contribution in [0.4, 0.5) is 23.2 Å². The Labute approximate surface area is 209 Å². The molecule has 4 N–H and O–H groups in total. The van der Waals surface area contributed by atoms with Crippen LogP contribution in [0.1, 0.15) is 22.8 Å². The molecule has 1 atom stereocenters. The van der Waals surface area contributed by atoms with Crippen molar-refractivity contribution in [3.8, 4) is 5.75 Å². The first-order valence-corrected chi connectivity index (χ1v) is 11.2. The molecule has 36 heavy (non-hydrogen) atoms. The summed E-state index contributed by atoms with van der Waals surface area (Å²) in [4.78, 5) is 23.8. The third-order valence-electron chi connectivity index (χ3n) is 4.92. The summed E-state index contributed by atoms with van der Waals surface area (Å²) >= 11 is 6.07. The Hall–Kier alpha value is -3.09. The zero-order chi connectivity index (χ0) is 26.9. The smallest absolute Gasteiger partial charge is 0.490 e. The molecule has 1 aliphatic rings. The lowest BCUT2D eigenvalue weighted by Gasteiger charge is -2.33. The van der Waals surface area contributed by atoms with Crippen molar-refractivity contribution in [2.45, 2.75) is 25.7 Å². The number of carbonyl (C=O) groups excluding carboxylic acids is 1. The molecule has 0 bridgehead atoms. The monoisotopic (exact) mass is 535 g/mol. The second-order valence-corrected chi connectivity index (χ2v) is 8.08. The number of alkyl halides is 3. The number of nitrogens with two attached hydrogens (primary N) is 1. The number of nitrogen functional groups attached to an aromatic ring is 1. The van der Waals surface area contributed by atoms with Gasteiger partial charge in [-0.05, 0) is 30.7 Å². The van der Waals surface area contributed by atoms with E-state index in [1.807, 2.05) is 6.92 Å². The number of rotatable bonds is 7. The van der Waals surface area contributed by atoms with Crippen molar-refractivity contribution in [1.29, 1.82) is 0 Å². The van der Waals surface area contributed by atoms with Crippen LogP contribution in [0, 0.1) is 5.82 Å². The van der Waals surface area contributed by atoms with E-state index in [1.54, 1.807) is 18.2 Å². The average Bonchev–Trinajstić information content (AvgIpc) is 2.81. The van der Waals surface area contributed by atoms with Gasteiger partial charge in [0, 0.05) is 32.2 Å². The highest BCUT2D eigenvalue weighted by molar-refractivity contribution is 6.33. The number of anilines is 1. The largest absolute Gasteiger partial charge is 0.493 e. The summed E-state index contributed by atoms with van der Waals surface area (Å²) in [5.41, 5.74) is 7.54. The summed E-state index contributed by atoms with van der Waals surface area (Å²) in [5.74, 6) is -2.90. The standard InChI is InChI=1S/C21H25ClFN3O3.C2HF3O2/c1-2-28-20-10-19(24)18(22)9-17(20)21(27)25-11-16-13-26(7-8-29-16)12-14-3-5-15(23)6-4-14;3-2(4,5)1(6)7/h3-6,9-10,16H,2,7-8,11-13,24H2,1H3,(H,25,27);(H,6,7). The highest BCUT2D eigenvalue weighted by Crippen LogP contribution is 2.29. The predicted molar refractivity (Wildman–Crippen MR) is 124 cm³/mol. The maximum Gasteiger partial charge on any atom is 0.490 e. The molecule has 0 aromatic heterocycles. The fourth-order valence-corrected chi connectivity index (χ4v) is 3.38. The van der Waals surface area contributed by atoms with Crippen LogP contribution < -0.4 is 15.8 Å².